The van der Waals surface area contributed by atoms with Gasteiger partial charge in [0, 0.05) is 49.9 Å². The van der Waals surface area contributed by atoms with Crippen molar-refractivity contribution in [3.8, 4) is 16.9 Å². The topological polar surface area (TPSA) is 44.8 Å². The van der Waals surface area contributed by atoms with Gasteiger partial charge in [0.2, 0.25) is 0 Å². The van der Waals surface area contributed by atoms with Crippen molar-refractivity contribution in [3.63, 3.8) is 0 Å². The lowest BCUT2D eigenvalue weighted by Crippen LogP contribution is -2.47. The van der Waals surface area contributed by atoms with E-state index in [1.54, 1.807) is 7.11 Å². The van der Waals surface area contributed by atoms with E-state index in [2.05, 4.69) is 46.0 Å². The molecule has 5 nitrogen and oxygen atoms in total. The fraction of sp³-hybridized carbons (Fsp3) is 0.545. The minimum absolute atomic E-state index is 0.0549. The molecular weight excluding hydrogens is 470 g/mol. The number of hydrogen-bond donors (Lipinski definition) is 1. The number of amides is 1. The normalized spacial score (nSPS) is 23.3. The molecule has 2 unspecified atom stereocenters. The Balaban J connectivity index is 1.43. The first-order valence-electron chi connectivity index (χ1n) is 14.8. The maximum atomic E-state index is 13.4. The Morgan fingerprint density at radius 1 is 1.00 bits per heavy atom. The molecule has 38 heavy (non-hydrogen) atoms. The summed E-state index contributed by atoms with van der Waals surface area (Å²) in [5, 5.41) is 3.35. The fourth-order valence-corrected chi connectivity index (χ4v) is 6.86. The number of hydrogen-bond acceptors (Lipinski definition) is 4. The Labute approximate surface area is 229 Å². The van der Waals surface area contributed by atoms with E-state index in [4.69, 9.17) is 4.74 Å². The predicted molar refractivity (Wildman–Crippen MR) is 156 cm³/mol. The Hall–Kier alpha value is -2.63. The highest BCUT2D eigenvalue weighted by molar-refractivity contribution is 5.96. The third kappa shape index (κ3) is 6.50. The number of carbonyl (C=O) groups is 1. The lowest BCUT2D eigenvalue weighted by atomic mass is 9.91. The maximum absolute atomic E-state index is 13.4. The van der Waals surface area contributed by atoms with Crippen molar-refractivity contribution < 1.29 is 9.53 Å². The Kier molecular flexibility index (Phi) is 9.18. The zero-order valence-electron chi connectivity index (χ0n) is 23.2. The SMILES string of the molecule is C=CCN1CCC2CCCC(C1)N2Cc1ccc(C(=O)NC2CCCCCC2)cc1-c1cccc(OC)c1. The fourth-order valence-electron chi connectivity index (χ4n) is 6.86. The molecule has 1 aliphatic carbocycles. The van der Waals surface area contributed by atoms with Crippen LogP contribution in [0, 0.1) is 0 Å². The molecule has 0 spiro atoms. The summed E-state index contributed by atoms with van der Waals surface area (Å²) in [4.78, 5) is 18.7. The summed E-state index contributed by atoms with van der Waals surface area (Å²) in [6, 6.07) is 16.1. The van der Waals surface area contributed by atoms with Gasteiger partial charge in [-0.1, -0.05) is 56.4 Å². The van der Waals surface area contributed by atoms with E-state index < -0.39 is 0 Å². The average Bonchev–Trinajstić information content (AvgIpc) is 3.25. The highest BCUT2D eigenvalue weighted by atomic mass is 16.5. The minimum Gasteiger partial charge on any atom is -0.497 e. The van der Waals surface area contributed by atoms with Crippen molar-refractivity contribution in [2.45, 2.75) is 88.9 Å². The van der Waals surface area contributed by atoms with Gasteiger partial charge in [-0.25, -0.2) is 0 Å². The van der Waals surface area contributed by atoms with E-state index in [1.165, 1.54) is 56.9 Å². The van der Waals surface area contributed by atoms with Gasteiger partial charge >= 0.3 is 0 Å². The van der Waals surface area contributed by atoms with E-state index in [-0.39, 0.29) is 5.91 Å². The molecule has 5 rings (SSSR count). The lowest BCUT2D eigenvalue weighted by Gasteiger charge is -2.41. The van der Waals surface area contributed by atoms with Crippen LogP contribution in [0.25, 0.3) is 11.1 Å². The molecule has 3 aliphatic rings. The quantitative estimate of drug-likeness (QED) is 0.325. The van der Waals surface area contributed by atoms with Crippen molar-refractivity contribution >= 4 is 5.91 Å². The van der Waals surface area contributed by atoms with Gasteiger partial charge in [0.05, 0.1) is 7.11 Å². The molecule has 2 saturated heterocycles. The molecule has 1 N–H and O–H groups in total. The van der Waals surface area contributed by atoms with Crippen molar-refractivity contribution in [2.24, 2.45) is 0 Å². The third-order valence-corrected chi connectivity index (χ3v) is 8.94. The number of nitrogens with zero attached hydrogens (tertiary/aromatic N) is 2. The second-order valence-corrected chi connectivity index (χ2v) is 11.5. The maximum Gasteiger partial charge on any atom is 0.251 e. The standard InChI is InChI=1S/C33H45N3O2/c1-3-19-35-20-18-29-13-9-14-30(24-35)36(29)23-27-17-16-26(33(37)34-28-11-6-4-5-7-12-28)22-32(27)25-10-8-15-31(21-25)38-2/h3,8,10,15-17,21-22,28-30H,1,4-7,9,11-14,18-20,23-24H2,2H3,(H,34,37). The van der Waals surface area contributed by atoms with Gasteiger partial charge in [-0.3, -0.25) is 14.6 Å². The Bertz CT molecular complexity index is 1090. The van der Waals surface area contributed by atoms with Crippen LogP contribution in [0.1, 0.15) is 80.1 Å². The molecule has 1 amide bonds. The predicted octanol–water partition coefficient (Wildman–Crippen LogP) is 6.43. The first-order chi connectivity index (χ1) is 18.6. The molecule has 5 heteroatoms. The Morgan fingerprint density at radius 3 is 2.61 bits per heavy atom. The number of benzene rings is 2. The van der Waals surface area contributed by atoms with Gasteiger partial charge in [-0.15, -0.1) is 6.58 Å². The molecule has 204 valence electrons. The molecule has 0 radical (unpaired) electrons. The van der Waals surface area contributed by atoms with E-state index in [0.717, 1.165) is 61.5 Å². The van der Waals surface area contributed by atoms with Crippen LogP contribution in [0.3, 0.4) is 0 Å². The van der Waals surface area contributed by atoms with Crippen LogP contribution in [0.4, 0.5) is 0 Å². The molecule has 2 aliphatic heterocycles. The summed E-state index contributed by atoms with van der Waals surface area (Å²) in [5.41, 5.74) is 4.29. The minimum atomic E-state index is 0.0549. The van der Waals surface area contributed by atoms with Crippen molar-refractivity contribution in [1.82, 2.24) is 15.1 Å². The summed E-state index contributed by atoms with van der Waals surface area (Å²) in [6.07, 6.45) is 14.3. The van der Waals surface area contributed by atoms with Gasteiger partial charge in [-0.2, -0.15) is 0 Å². The van der Waals surface area contributed by atoms with E-state index in [9.17, 15) is 4.79 Å². The van der Waals surface area contributed by atoms with Crippen molar-refractivity contribution in [3.05, 3.63) is 66.2 Å². The van der Waals surface area contributed by atoms with Gasteiger partial charge in [0.25, 0.3) is 5.91 Å². The number of piperidine rings is 1. The average molecular weight is 516 g/mol. The summed E-state index contributed by atoms with van der Waals surface area (Å²) in [5.74, 6) is 0.896. The molecule has 2 atom stereocenters. The van der Waals surface area contributed by atoms with Gasteiger partial charge in [0.1, 0.15) is 5.75 Å². The number of rotatable bonds is 8. The molecule has 2 heterocycles. The first kappa shape index (κ1) is 27.0. The highest BCUT2D eigenvalue weighted by Gasteiger charge is 2.34. The van der Waals surface area contributed by atoms with Crippen molar-refractivity contribution in [1.29, 1.82) is 0 Å². The van der Waals surface area contributed by atoms with Crippen LogP contribution in [0.5, 0.6) is 5.75 Å². The number of carbonyl (C=O) groups excluding carboxylic acids is 1. The van der Waals surface area contributed by atoms with Crippen molar-refractivity contribution in [2.75, 3.05) is 26.7 Å². The van der Waals surface area contributed by atoms with Crippen LogP contribution >= 0.6 is 0 Å². The zero-order valence-corrected chi connectivity index (χ0v) is 23.2. The second kappa shape index (κ2) is 12.9. The van der Waals surface area contributed by atoms with Gasteiger partial charge < -0.3 is 10.1 Å². The summed E-state index contributed by atoms with van der Waals surface area (Å²) in [6.45, 7) is 8.12. The van der Waals surface area contributed by atoms with Crippen LogP contribution in [0.2, 0.25) is 0 Å². The second-order valence-electron chi connectivity index (χ2n) is 11.5. The summed E-state index contributed by atoms with van der Waals surface area (Å²) >= 11 is 0. The van der Waals surface area contributed by atoms with Crippen LogP contribution in [-0.2, 0) is 6.54 Å². The zero-order chi connectivity index (χ0) is 26.3. The molecule has 0 aromatic heterocycles. The van der Waals surface area contributed by atoms with Crippen LogP contribution < -0.4 is 10.1 Å². The molecule has 3 fully saturated rings. The molecule has 1 saturated carbocycles. The number of fused-ring (bicyclic) bond motifs is 2. The smallest absolute Gasteiger partial charge is 0.251 e. The molecular formula is C33H45N3O2. The molecule has 2 bridgehead atoms. The highest BCUT2D eigenvalue weighted by Crippen LogP contribution is 2.34. The number of nitrogens with one attached hydrogen (secondary N) is 1. The summed E-state index contributed by atoms with van der Waals surface area (Å²) < 4.78 is 5.56. The third-order valence-electron chi connectivity index (χ3n) is 8.94. The van der Waals surface area contributed by atoms with Gasteiger partial charge in [0.15, 0.2) is 0 Å². The molecule has 2 aromatic carbocycles. The Morgan fingerprint density at radius 2 is 1.82 bits per heavy atom. The first-order valence-corrected chi connectivity index (χ1v) is 14.8. The number of methoxy groups -OCH3 is 1. The van der Waals surface area contributed by atoms with Crippen LogP contribution in [-0.4, -0.2) is 60.6 Å². The van der Waals surface area contributed by atoms with E-state index in [1.807, 2.05) is 24.3 Å². The summed E-state index contributed by atoms with van der Waals surface area (Å²) in [7, 11) is 1.71. The van der Waals surface area contributed by atoms with Crippen LogP contribution in [0.15, 0.2) is 55.1 Å². The number of ether oxygens (including phenoxy) is 1. The lowest BCUT2D eigenvalue weighted by molar-refractivity contribution is 0.0787. The largest absolute Gasteiger partial charge is 0.497 e. The van der Waals surface area contributed by atoms with Gasteiger partial charge in [-0.05, 0) is 73.1 Å². The van der Waals surface area contributed by atoms with E-state index >= 15 is 0 Å². The monoisotopic (exact) mass is 515 g/mol. The molecule has 2 aromatic rings. The van der Waals surface area contributed by atoms with E-state index in [0.29, 0.717) is 18.1 Å².